The Hall–Kier alpha value is -1.44. The van der Waals surface area contributed by atoms with Gasteiger partial charge in [-0.15, -0.1) is 11.3 Å². The molecule has 1 aromatic carbocycles. The van der Waals surface area contributed by atoms with Crippen LogP contribution in [0.25, 0.3) is 0 Å². The van der Waals surface area contributed by atoms with Crippen molar-refractivity contribution in [3.8, 4) is 0 Å². The Labute approximate surface area is 154 Å². The van der Waals surface area contributed by atoms with Crippen LogP contribution >= 0.6 is 11.3 Å². The summed E-state index contributed by atoms with van der Waals surface area (Å²) in [5.74, 6) is 0. The Bertz CT molecular complexity index is 876. The van der Waals surface area contributed by atoms with E-state index in [-0.39, 0.29) is 0 Å². The van der Waals surface area contributed by atoms with E-state index in [2.05, 4.69) is 14.6 Å². The van der Waals surface area contributed by atoms with E-state index in [0.717, 1.165) is 35.8 Å². The normalized spacial score (nSPS) is 17.2. The maximum atomic E-state index is 13.0. The zero-order valence-corrected chi connectivity index (χ0v) is 16.8. The minimum absolute atomic E-state index is 0.313. The lowest BCUT2D eigenvalue weighted by Gasteiger charge is -2.29. The molecular weight excluding hydrogens is 354 g/mol. The molecule has 2 heterocycles. The number of aromatic nitrogens is 1. The first-order valence-corrected chi connectivity index (χ1v) is 10.9. The Morgan fingerprint density at radius 2 is 2.16 bits per heavy atom. The van der Waals surface area contributed by atoms with Crippen molar-refractivity contribution in [3.05, 3.63) is 39.8 Å². The monoisotopic (exact) mass is 379 g/mol. The van der Waals surface area contributed by atoms with Gasteiger partial charge in [0.15, 0.2) is 0 Å². The van der Waals surface area contributed by atoms with Crippen molar-refractivity contribution in [2.45, 2.75) is 50.5 Å². The number of rotatable bonds is 5. The molecule has 0 amide bonds. The van der Waals surface area contributed by atoms with Crippen molar-refractivity contribution in [2.24, 2.45) is 0 Å². The minimum atomic E-state index is -3.64. The predicted octanol–water partition coefficient (Wildman–Crippen LogP) is 3.44. The van der Waals surface area contributed by atoms with Gasteiger partial charge in [-0.2, -0.15) is 4.72 Å². The van der Waals surface area contributed by atoms with Crippen molar-refractivity contribution in [2.75, 3.05) is 18.5 Å². The Morgan fingerprint density at radius 3 is 2.80 bits per heavy atom. The maximum Gasteiger partial charge on any atom is 0.241 e. The number of nitrogens with zero attached hydrogens (tertiary/aromatic N) is 2. The van der Waals surface area contributed by atoms with Gasteiger partial charge in [0.1, 0.15) is 5.01 Å². The largest absolute Gasteiger partial charge is 0.374 e. The number of thiazole rings is 1. The number of hydrogen-bond donors (Lipinski definition) is 1. The van der Waals surface area contributed by atoms with Gasteiger partial charge in [0.05, 0.1) is 10.4 Å². The number of benzene rings is 1. The molecule has 0 unspecified atom stereocenters. The van der Waals surface area contributed by atoms with Crippen LogP contribution in [0.3, 0.4) is 0 Å². The third kappa shape index (κ3) is 3.59. The van der Waals surface area contributed by atoms with Gasteiger partial charge in [-0.25, -0.2) is 13.4 Å². The third-order valence-corrected chi connectivity index (χ3v) is 7.69. The van der Waals surface area contributed by atoms with E-state index in [4.69, 9.17) is 0 Å². The average Bonchev–Trinajstić information content (AvgIpc) is 3.02. The Morgan fingerprint density at radius 1 is 1.40 bits per heavy atom. The van der Waals surface area contributed by atoms with E-state index in [9.17, 15) is 8.42 Å². The highest BCUT2D eigenvalue weighted by Gasteiger charge is 2.34. The lowest BCUT2D eigenvalue weighted by molar-refractivity contribution is 0.414. The third-order valence-electron chi connectivity index (χ3n) is 4.88. The lowest BCUT2D eigenvalue weighted by Crippen LogP contribution is -2.43. The SMILES string of the molecule is CC[C@](C)(NS(=O)(=O)c1ccc2c(c1)N(C)CCC2)c1nc(C)cs1. The van der Waals surface area contributed by atoms with Gasteiger partial charge in [-0.05, 0) is 50.8 Å². The van der Waals surface area contributed by atoms with E-state index >= 15 is 0 Å². The number of hydrogen-bond acceptors (Lipinski definition) is 5. The first kappa shape index (κ1) is 18.4. The molecule has 0 saturated heterocycles. The van der Waals surface area contributed by atoms with Crippen LogP contribution < -0.4 is 9.62 Å². The van der Waals surface area contributed by atoms with Gasteiger partial charge in [-0.1, -0.05) is 13.0 Å². The smallest absolute Gasteiger partial charge is 0.241 e. The van der Waals surface area contributed by atoms with Crippen LogP contribution in [0.2, 0.25) is 0 Å². The summed E-state index contributed by atoms with van der Waals surface area (Å²) in [5.41, 5.74) is 2.42. The fraction of sp³-hybridized carbons (Fsp3) is 0.500. The standard InChI is InChI=1S/C18H25N3O2S2/c1-5-18(3,17-19-13(2)12-24-17)20-25(22,23)15-9-8-14-7-6-10-21(4)16(14)11-15/h8-9,11-12,20H,5-7,10H2,1-4H3/t18-/m0/s1. The molecule has 0 radical (unpaired) electrons. The number of fused-ring (bicyclic) bond motifs is 1. The number of aryl methyl sites for hydroxylation is 2. The molecule has 7 heteroatoms. The quantitative estimate of drug-likeness (QED) is 0.864. The second-order valence-corrected chi connectivity index (χ2v) is 9.44. The van der Waals surface area contributed by atoms with Gasteiger partial charge in [0, 0.05) is 30.4 Å². The van der Waals surface area contributed by atoms with Gasteiger partial charge < -0.3 is 4.90 Å². The summed E-state index contributed by atoms with van der Waals surface area (Å²) in [6, 6.07) is 5.44. The maximum absolute atomic E-state index is 13.0. The van der Waals surface area contributed by atoms with E-state index < -0.39 is 15.6 Å². The molecule has 1 N–H and O–H groups in total. The average molecular weight is 380 g/mol. The summed E-state index contributed by atoms with van der Waals surface area (Å²) in [6.45, 7) is 6.74. The van der Waals surface area contributed by atoms with Crippen LogP contribution in [-0.4, -0.2) is 27.0 Å². The summed E-state index contributed by atoms with van der Waals surface area (Å²) in [7, 11) is -1.63. The highest BCUT2D eigenvalue weighted by atomic mass is 32.2. The van der Waals surface area contributed by atoms with Gasteiger partial charge in [-0.3, -0.25) is 0 Å². The molecule has 1 aliphatic rings. The van der Waals surface area contributed by atoms with E-state index in [1.54, 1.807) is 12.1 Å². The lowest BCUT2D eigenvalue weighted by atomic mass is 10.0. The molecule has 0 saturated carbocycles. The molecule has 0 fully saturated rings. The second kappa shape index (κ2) is 6.70. The predicted molar refractivity (Wildman–Crippen MR) is 103 cm³/mol. The van der Waals surface area contributed by atoms with Crippen LogP contribution in [0.15, 0.2) is 28.5 Å². The molecule has 1 aromatic heterocycles. The van der Waals surface area contributed by atoms with Gasteiger partial charge in [0.25, 0.3) is 0 Å². The highest BCUT2D eigenvalue weighted by molar-refractivity contribution is 7.89. The molecule has 1 atom stereocenters. The summed E-state index contributed by atoms with van der Waals surface area (Å²) in [5, 5.41) is 2.75. The van der Waals surface area contributed by atoms with Crippen molar-refractivity contribution in [3.63, 3.8) is 0 Å². The van der Waals surface area contributed by atoms with Crippen molar-refractivity contribution in [1.82, 2.24) is 9.71 Å². The van der Waals surface area contributed by atoms with E-state index in [1.165, 1.54) is 16.9 Å². The van der Waals surface area contributed by atoms with Crippen LogP contribution in [-0.2, 0) is 22.0 Å². The molecule has 25 heavy (non-hydrogen) atoms. The molecule has 5 nitrogen and oxygen atoms in total. The van der Waals surface area contributed by atoms with Gasteiger partial charge in [0.2, 0.25) is 10.0 Å². The molecular formula is C18H25N3O2S2. The second-order valence-electron chi connectivity index (χ2n) is 6.90. The molecule has 2 aromatic rings. The zero-order valence-electron chi connectivity index (χ0n) is 15.2. The molecule has 0 bridgehead atoms. The van der Waals surface area contributed by atoms with Crippen molar-refractivity contribution < 1.29 is 8.42 Å². The first-order valence-electron chi connectivity index (χ1n) is 8.56. The minimum Gasteiger partial charge on any atom is -0.374 e. The highest BCUT2D eigenvalue weighted by Crippen LogP contribution is 2.32. The molecule has 0 spiro atoms. The summed E-state index contributed by atoms with van der Waals surface area (Å²) in [6.07, 6.45) is 2.73. The molecule has 136 valence electrons. The fourth-order valence-corrected chi connectivity index (χ4v) is 5.65. The van der Waals surface area contributed by atoms with Crippen LogP contribution in [0, 0.1) is 6.92 Å². The van der Waals surface area contributed by atoms with E-state index in [1.807, 2.05) is 39.3 Å². The Balaban J connectivity index is 1.95. The summed E-state index contributed by atoms with van der Waals surface area (Å²) in [4.78, 5) is 6.94. The molecule has 0 aliphatic carbocycles. The first-order chi connectivity index (χ1) is 11.7. The Kier molecular flexibility index (Phi) is 4.92. The van der Waals surface area contributed by atoms with Crippen LogP contribution in [0.4, 0.5) is 5.69 Å². The van der Waals surface area contributed by atoms with Crippen LogP contribution in [0.1, 0.15) is 43.0 Å². The van der Waals surface area contributed by atoms with Crippen LogP contribution in [0.5, 0.6) is 0 Å². The number of sulfonamides is 1. The van der Waals surface area contributed by atoms with Gasteiger partial charge >= 0.3 is 0 Å². The summed E-state index contributed by atoms with van der Waals surface area (Å²) >= 11 is 1.49. The number of anilines is 1. The topological polar surface area (TPSA) is 62.3 Å². The van der Waals surface area contributed by atoms with Crippen molar-refractivity contribution in [1.29, 1.82) is 0 Å². The zero-order chi connectivity index (χ0) is 18.2. The number of nitrogens with one attached hydrogen (secondary N) is 1. The molecule has 1 aliphatic heterocycles. The van der Waals surface area contributed by atoms with Crippen molar-refractivity contribution >= 4 is 27.0 Å². The van der Waals surface area contributed by atoms with E-state index in [0.29, 0.717) is 11.3 Å². The summed E-state index contributed by atoms with van der Waals surface area (Å²) < 4.78 is 28.9. The fourth-order valence-electron chi connectivity index (χ4n) is 3.13. The molecule has 3 rings (SSSR count).